The smallest absolute Gasteiger partial charge is 0.320 e. The minimum Gasteiger partial charge on any atom is -0.480 e. The van der Waals surface area contributed by atoms with Crippen LogP contribution in [0.2, 0.25) is 0 Å². The summed E-state index contributed by atoms with van der Waals surface area (Å²) < 4.78 is 0. The van der Waals surface area contributed by atoms with Crippen molar-refractivity contribution in [3.05, 3.63) is 0 Å². The van der Waals surface area contributed by atoms with E-state index in [4.69, 9.17) is 20.7 Å². The van der Waals surface area contributed by atoms with Crippen molar-refractivity contribution >= 4 is 5.97 Å². The summed E-state index contributed by atoms with van der Waals surface area (Å²) >= 11 is 0. The van der Waals surface area contributed by atoms with Gasteiger partial charge < -0.3 is 10.3 Å². The summed E-state index contributed by atoms with van der Waals surface area (Å²) in [5.41, 5.74) is 0. The van der Waals surface area contributed by atoms with Crippen LogP contribution in [-0.2, 0) is 4.79 Å². The highest BCUT2D eigenvalue weighted by atomic mass is 16.8. The molecule has 0 rings (SSSR count). The van der Waals surface area contributed by atoms with Gasteiger partial charge in [0.25, 0.3) is 0 Å². The van der Waals surface area contributed by atoms with Crippen LogP contribution < -0.4 is 0 Å². The number of hydrogen-bond acceptors (Lipinski definition) is 6. The molecular formula is C4H10N2O5. The van der Waals surface area contributed by atoms with E-state index in [9.17, 15) is 4.79 Å². The zero-order chi connectivity index (χ0) is 8.85. The third kappa shape index (κ3) is 7.16. The Hall–Kier alpha value is -0.730. The SMILES string of the molecule is O=C(O)CN(O)CCN(O)O. The van der Waals surface area contributed by atoms with Crippen LogP contribution in [0.5, 0.6) is 0 Å². The summed E-state index contributed by atoms with van der Waals surface area (Å²) in [7, 11) is 0. The normalized spacial score (nSPS) is 11.0. The first-order chi connectivity index (χ1) is 5.02. The molecule has 7 heteroatoms. The molecule has 0 atom stereocenters. The average Bonchev–Trinajstić information content (AvgIpc) is 1.82. The third-order valence-electron chi connectivity index (χ3n) is 0.876. The molecule has 0 saturated heterocycles. The van der Waals surface area contributed by atoms with Crippen LogP contribution in [0.15, 0.2) is 0 Å². The van der Waals surface area contributed by atoms with E-state index in [1.807, 2.05) is 0 Å². The fourth-order valence-corrected chi connectivity index (χ4v) is 0.440. The zero-order valence-electron chi connectivity index (χ0n) is 5.71. The van der Waals surface area contributed by atoms with E-state index in [1.54, 1.807) is 0 Å². The van der Waals surface area contributed by atoms with Gasteiger partial charge in [-0.05, 0) is 0 Å². The molecule has 0 aliphatic heterocycles. The van der Waals surface area contributed by atoms with Crippen LogP contribution in [0, 0.1) is 0 Å². The summed E-state index contributed by atoms with van der Waals surface area (Å²) in [4.78, 5) is 9.91. The predicted molar refractivity (Wildman–Crippen MR) is 31.3 cm³/mol. The first-order valence-electron chi connectivity index (χ1n) is 2.83. The van der Waals surface area contributed by atoms with E-state index in [1.165, 1.54) is 0 Å². The number of hydrogen-bond donors (Lipinski definition) is 4. The molecule has 7 nitrogen and oxygen atoms in total. The summed E-state index contributed by atoms with van der Waals surface area (Å²) in [5.74, 6) is -1.19. The number of carboxylic acids is 1. The second-order valence-electron chi connectivity index (χ2n) is 1.88. The molecule has 0 heterocycles. The molecule has 0 spiro atoms. The molecule has 4 N–H and O–H groups in total. The van der Waals surface area contributed by atoms with Gasteiger partial charge in [0.15, 0.2) is 0 Å². The first-order valence-corrected chi connectivity index (χ1v) is 2.83. The summed E-state index contributed by atoms with van der Waals surface area (Å²) in [6.45, 7) is -0.948. The second-order valence-corrected chi connectivity index (χ2v) is 1.88. The largest absolute Gasteiger partial charge is 0.480 e. The molecular weight excluding hydrogens is 156 g/mol. The molecule has 66 valence electrons. The highest BCUT2D eigenvalue weighted by Crippen LogP contribution is 1.82. The number of carboxylic acid groups (broad SMARTS) is 1. The Morgan fingerprint density at radius 3 is 2.09 bits per heavy atom. The van der Waals surface area contributed by atoms with E-state index >= 15 is 0 Å². The van der Waals surface area contributed by atoms with Crippen molar-refractivity contribution < 1.29 is 25.5 Å². The van der Waals surface area contributed by atoms with Crippen molar-refractivity contribution in [1.82, 2.24) is 10.3 Å². The van der Waals surface area contributed by atoms with Gasteiger partial charge >= 0.3 is 5.97 Å². The molecule has 11 heavy (non-hydrogen) atoms. The van der Waals surface area contributed by atoms with Gasteiger partial charge in [-0.25, -0.2) is 0 Å². The molecule has 0 aliphatic rings. The van der Waals surface area contributed by atoms with Crippen LogP contribution >= 0.6 is 0 Å². The third-order valence-corrected chi connectivity index (χ3v) is 0.876. The van der Waals surface area contributed by atoms with E-state index < -0.39 is 12.5 Å². The Bertz CT molecular complexity index is 128. The minimum absolute atomic E-state index is 0.134. The maximum absolute atomic E-state index is 9.91. The van der Waals surface area contributed by atoms with Gasteiger partial charge in [0.2, 0.25) is 0 Å². The van der Waals surface area contributed by atoms with Gasteiger partial charge in [0, 0.05) is 6.54 Å². The zero-order valence-corrected chi connectivity index (χ0v) is 5.71. The van der Waals surface area contributed by atoms with Gasteiger partial charge in [-0.3, -0.25) is 15.2 Å². The van der Waals surface area contributed by atoms with E-state index in [0.717, 1.165) is 0 Å². The lowest BCUT2D eigenvalue weighted by atomic mass is 10.5. The van der Waals surface area contributed by atoms with Crippen molar-refractivity contribution in [2.45, 2.75) is 0 Å². The fourth-order valence-electron chi connectivity index (χ4n) is 0.440. The number of aliphatic carboxylic acids is 1. The predicted octanol–water partition coefficient (Wildman–Crippen LogP) is -1.16. The Balaban J connectivity index is 3.37. The number of carbonyl (C=O) groups is 1. The van der Waals surface area contributed by atoms with Crippen molar-refractivity contribution in [2.24, 2.45) is 0 Å². The number of nitrogens with zero attached hydrogens (tertiary/aromatic N) is 2. The maximum atomic E-state index is 9.91. The van der Waals surface area contributed by atoms with Crippen LogP contribution in [-0.4, -0.2) is 56.6 Å². The fraction of sp³-hybridized carbons (Fsp3) is 0.750. The molecule has 0 aromatic rings. The van der Waals surface area contributed by atoms with Crippen LogP contribution in [0.1, 0.15) is 0 Å². The molecule has 0 aliphatic carbocycles. The monoisotopic (exact) mass is 166 g/mol. The maximum Gasteiger partial charge on any atom is 0.320 e. The van der Waals surface area contributed by atoms with Gasteiger partial charge in [-0.1, -0.05) is 5.23 Å². The van der Waals surface area contributed by atoms with Gasteiger partial charge in [0.05, 0.1) is 6.54 Å². The highest BCUT2D eigenvalue weighted by molar-refractivity contribution is 5.68. The summed E-state index contributed by atoms with van der Waals surface area (Å²) in [6.07, 6.45) is 0. The van der Waals surface area contributed by atoms with Crippen molar-refractivity contribution in [3.63, 3.8) is 0 Å². The van der Waals surface area contributed by atoms with Crippen molar-refractivity contribution in [2.75, 3.05) is 19.6 Å². The van der Waals surface area contributed by atoms with Crippen molar-refractivity contribution in [3.8, 4) is 0 Å². The molecule has 0 aromatic heterocycles. The molecule has 0 fully saturated rings. The van der Waals surface area contributed by atoms with E-state index in [2.05, 4.69) is 0 Å². The summed E-state index contributed by atoms with van der Waals surface area (Å²) in [5, 5.41) is 33.4. The topological polar surface area (TPSA) is 104 Å². The Morgan fingerprint density at radius 2 is 1.73 bits per heavy atom. The van der Waals surface area contributed by atoms with Crippen molar-refractivity contribution in [1.29, 1.82) is 0 Å². The van der Waals surface area contributed by atoms with Gasteiger partial charge in [-0.2, -0.15) is 5.06 Å². The Morgan fingerprint density at radius 1 is 1.18 bits per heavy atom. The quantitative estimate of drug-likeness (QED) is 0.382. The highest BCUT2D eigenvalue weighted by Gasteiger charge is 2.06. The lowest BCUT2D eigenvalue weighted by molar-refractivity contribution is -0.312. The molecule has 0 bridgehead atoms. The minimum atomic E-state index is -1.19. The lowest BCUT2D eigenvalue weighted by Gasteiger charge is -2.12. The van der Waals surface area contributed by atoms with E-state index in [0.29, 0.717) is 5.06 Å². The molecule has 0 radical (unpaired) electrons. The standard InChI is InChI=1S/C4H10N2O5/c7-4(8)3-5(9)1-2-6(10)11/h9-11H,1-3H2,(H,7,8). The molecule has 0 unspecified atom stereocenters. The Labute approximate surface area is 62.6 Å². The number of rotatable bonds is 5. The van der Waals surface area contributed by atoms with Gasteiger partial charge in [0.1, 0.15) is 6.54 Å². The van der Waals surface area contributed by atoms with Crippen LogP contribution in [0.25, 0.3) is 0 Å². The average molecular weight is 166 g/mol. The summed E-state index contributed by atoms with van der Waals surface area (Å²) in [6, 6.07) is 0. The van der Waals surface area contributed by atoms with E-state index in [-0.39, 0.29) is 18.3 Å². The first kappa shape index (κ1) is 10.3. The molecule has 0 amide bonds. The lowest BCUT2D eigenvalue weighted by Crippen LogP contribution is -2.33. The Kier molecular flexibility index (Phi) is 4.66. The molecule has 0 saturated carbocycles. The van der Waals surface area contributed by atoms with Crippen LogP contribution in [0.4, 0.5) is 0 Å². The second kappa shape index (κ2) is 4.99. The van der Waals surface area contributed by atoms with Gasteiger partial charge in [-0.15, -0.1) is 0 Å². The number of hydroxylamine groups is 4. The molecule has 0 aromatic carbocycles. The van der Waals surface area contributed by atoms with Crippen LogP contribution in [0.3, 0.4) is 0 Å².